The van der Waals surface area contributed by atoms with Crippen molar-refractivity contribution in [2.45, 2.75) is 32.9 Å². The van der Waals surface area contributed by atoms with Crippen LogP contribution >= 0.6 is 0 Å². The van der Waals surface area contributed by atoms with E-state index in [0.29, 0.717) is 31.0 Å². The lowest BCUT2D eigenvalue weighted by molar-refractivity contribution is 0.0341. The Morgan fingerprint density at radius 1 is 1.24 bits per heavy atom. The Balaban J connectivity index is 2.20. The lowest BCUT2D eigenvalue weighted by atomic mass is 10.1. The zero-order chi connectivity index (χ0) is 18.4. The Hall–Kier alpha value is -2.12. The summed E-state index contributed by atoms with van der Waals surface area (Å²) in [7, 11) is 1.34. The zero-order valence-electron chi connectivity index (χ0n) is 15.3. The number of hydrogen-bond acceptors (Lipinski definition) is 6. The first-order valence-electron chi connectivity index (χ1n) is 8.30. The molecule has 1 amide bonds. The number of methoxy groups -OCH3 is 1. The van der Waals surface area contributed by atoms with Gasteiger partial charge in [-0.15, -0.1) is 0 Å². The average molecular weight is 350 g/mol. The van der Waals surface area contributed by atoms with E-state index >= 15 is 0 Å². The topological polar surface area (TPSA) is 77.1 Å². The lowest BCUT2D eigenvalue weighted by Gasteiger charge is -2.27. The summed E-state index contributed by atoms with van der Waals surface area (Å²) >= 11 is 0. The van der Waals surface area contributed by atoms with Crippen LogP contribution in [0.15, 0.2) is 18.2 Å². The second-order valence-electron chi connectivity index (χ2n) is 6.88. The van der Waals surface area contributed by atoms with Gasteiger partial charge in [-0.1, -0.05) is 0 Å². The molecule has 1 aliphatic heterocycles. The number of morpholine rings is 1. The predicted molar refractivity (Wildman–Crippen MR) is 93.7 cm³/mol. The minimum Gasteiger partial charge on any atom is -0.465 e. The molecular weight excluding hydrogens is 324 g/mol. The predicted octanol–water partition coefficient (Wildman–Crippen LogP) is 2.65. The molecule has 0 aliphatic carbocycles. The first-order chi connectivity index (χ1) is 11.8. The van der Waals surface area contributed by atoms with Gasteiger partial charge in [0.15, 0.2) is 0 Å². The van der Waals surface area contributed by atoms with Gasteiger partial charge < -0.3 is 14.2 Å². The Morgan fingerprint density at radius 3 is 2.52 bits per heavy atom. The summed E-state index contributed by atoms with van der Waals surface area (Å²) in [5, 5.41) is 2.77. The van der Waals surface area contributed by atoms with Crippen LogP contribution in [0.3, 0.4) is 0 Å². The Bertz CT molecular complexity index is 618. The van der Waals surface area contributed by atoms with E-state index < -0.39 is 17.7 Å². The fourth-order valence-electron chi connectivity index (χ4n) is 2.51. The highest BCUT2D eigenvalue weighted by Gasteiger charge is 2.20. The standard InChI is InChI=1S/C18H26N2O5/c1-18(2,3)25-17(22)19-15-6-5-13(16(21)23-4)11-14(15)12-20-7-9-24-10-8-20/h5-6,11H,7-10,12H2,1-4H3,(H,19,22). The molecule has 0 bridgehead atoms. The van der Waals surface area contributed by atoms with Crippen LogP contribution in [-0.4, -0.2) is 56.0 Å². The second kappa shape index (κ2) is 8.31. The summed E-state index contributed by atoms with van der Waals surface area (Å²) in [6.45, 7) is 8.96. The smallest absolute Gasteiger partial charge is 0.412 e. The minimum atomic E-state index is -0.583. The van der Waals surface area contributed by atoms with Gasteiger partial charge in [0.25, 0.3) is 0 Å². The van der Waals surface area contributed by atoms with Crippen molar-refractivity contribution in [3.63, 3.8) is 0 Å². The van der Waals surface area contributed by atoms with Gasteiger partial charge >= 0.3 is 12.1 Å². The van der Waals surface area contributed by atoms with Crippen molar-refractivity contribution < 1.29 is 23.8 Å². The first kappa shape index (κ1) is 19.2. The number of rotatable bonds is 4. The SMILES string of the molecule is COC(=O)c1ccc(NC(=O)OC(C)(C)C)c(CN2CCOCC2)c1. The molecule has 0 aromatic heterocycles. The van der Waals surface area contributed by atoms with E-state index in [-0.39, 0.29) is 0 Å². The molecule has 1 aromatic carbocycles. The van der Waals surface area contributed by atoms with Crippen molar-refractivity contribution >= 4 is 17.7 Å². The van der Waals surface area contributed by atoms with Crippen LogP contribution in [-0.2, 0) is 20.8 Å². The zero-order valence-corrected chi connectivity index (χ0v) is 15.3. The van der Waals surface area contributed by atoms with Crippen molar-refractivity contribution in [1.82, 2.24) is 4.90 Å². The monoisotopic (exact) mass is 350 g/mol. The number of carbonyl (C=O) groups is 2. The van der Waals surface area contributed by atoms with Crippen LogP contribution < -0.4 is 5.32 Å². The molecule has 1 aromatic rings. The number of ether oxygens (including phenoxy) is 3. The molecule has 1 heterocycles. The Kier molecular flexibility index (Phi) is 6.39. The maximum Gasteiger partial charge on any atom is 0.412 e. The van der Waals surface area contributed by atoms with Crippen LogP contribution in [0.5, 0.6) is 0 Å². The van der Waals surface area contributed by atoms with Crippen LogP contribution in [0.1, 0.15) is 36.7 Å². The molecule has 0 unspecified atom stereocenters. The first-order valence-corrected chi connectivity index (χ1v) is 8.30. The molecule has 2 rings (SSSR count). The molecule has 25 heavy (non-hydrogen) atoms. The molecule has 1 aliphatic rings. The van der Waals surface area contributed by atoms with Crippen LogP contribution in [0.25, 0.3) is 0 Å². The van der Waals surface area contributed by atoms with Gasteiger partial charge in [0.2, 0.25) is 0 Å². The highest BCUT2D eigenvalue weighted by Crippen LogP contribution is 2.22. The number of anilines is 1. The van der Waals surface area contributed by atoms with Crippen LogP contribution in [0.2, 0.25) is 0 Å². The normalized spacial score (nSPS) is 15.5. The molecule has 0 radical (unpaired) electrons. The molecule has 7 heteroatoms. The van der Waals surface area contributed by atoms with Gasteiger partial charge in [0, 0.05) is 25.3 Å². The maximum absolute atomic E-state index is 12.1. The number of hydrogen-bond donors (Lipinski definition) is 1. The van der Waals surface area contributed by atoms with E-state index in [1.165, 1.54) is 7.11 Å². The quantitative estimate of drug-likeness (QED) is 0.841. The molecular formula is C18H26N2O5. The van der Waals surface area contributed by atoms with Crippen molar-refractivity contribution in [2.24, 2.45) is 0 Å². The summed E-state index contributed by atoms with van der Waals surface area (Å²) in [6.07, 6.45) is -0.526. The minimum absolute atomic E-state index is 0.410. The fourth-order valence-corrected chi connectivity index (χ4v) is 2.51. The van der Waals surface area contributed by atoms with Crippen LogP contribution in [0.4, 0.5) is 10.5 Å². The van der Waals surface area contributed by atoms with Gasteiger partial charge in [-0.05, 0) is 44.5 Å². The summed E-state index contributed by atoms with van der Waals surface area (Å²) in [4.78, 5) is 26.1. The largest absolute Gasteiger partial charge is 0.465 e. The number of esters is 1. The van der Waals surface area contributed by atoms with E-state index in [1.807, 2.05) is 20.8 Å². The molecule has 1 fully saturated rings. The van der Waals surface area contributed by atoms with E-state index in [0.717, 1.165) is 18.7 Å². The molecule has 0 atom stereocenters. The number of nitrogens with one attached hydrogen (secondary N) is 1. The van der Waals surface area contributed by atoms with Crippen molar-refractivity contribution in [3.8, 4) is 0 Å². The summed E-state index contributed by atoms with van der Waals surface area (Å²) < 4.78 is 15.5. The lowest BCUT2D eigenvalue weighted by Crippen LogP contribution is -2.36. The van der Waals surface area contributed by atoms with Gasteiger partial charge in [-0.3, -0.25) is 10.2 Å². The van der Waals surface area contributed by atoms with Crippen molar-refractivity contribution in [1.29, 1.82) is 0 Å². The van der Waals surface area contributed by atoms with Gasteiger partial charge in [0.05, 0.1) is 25.9 Å². The number of benzene rings is 1. The summed E-state index contributed by atoms with van der Waals surface area (Å²) in [5.74, 6) is -0.410. The Morgan fingerprint density at radius 2 is 1.92 bits per heavy atom. The molecule has 0 saturated carbocycles. The van der Waals surface area contributed by atoms with Crippen molar-refractivity contribution in [3.05, 3.63) is 29.3 Å². The molecule has 7 nitrogen and oxygen atoms in total. The Labute approximate surface area is 148 Å². The van der Waals surface area contributed by atoms with E-state index in [1.54, 1.807) is 18.2 Å². The highest BCUT2D eigenvalue weighted by atomic mass is 16.6. The third kappa shape index (κ3) is 6.03. The summed E-state index contributed by atoms with van der Waals surface area (Å²) in [6, 6.07) is 5.07. The van der Waals surface area contributed by atoms with E-state index in [9.17, 15) is 9.59 Å². The highest BCUT2D eigenvalue weighted by molar-refractivity contribution is 5.92. The molecule has 1 N–H and O–H groups in total. The molecule has 1 saturated heterocycles. The van der Waals surface area contributed by atoms with Gasteiger partial charge in [0.1, 0.15) is 5.60 Å². The third-order valence-corrected chi connectivity index (χ3v) is 3.66. The number of amides is 1. The van der Waals surface area contributed by atoms with Crippen molar-refractivity contribution in [2.75, 3.05) is 38.7 Å². The second-order valence-corrected chi connectivity index (χ2v) is 6.88. The number of nitrogens with zero attached hydrogens (tertiary/aromatic N) is 1. The van der Waals surface area contributed by atoms with E-state index in [2.05, 4.69) is 10.2 Å². The molecule has 0 spiro atoms. The molecule has 138 valence electrons. The van der Waals surface area contributed by atoms with Crippen LogP contribution in [0, 0.1) is 0 Å². The number of carbonyl (C=O) groups excluding carboxylic acids is 2. The van der Waals surface area contributed by atoms with E-state index in [4.69, 9.17) is 14.2 Å². The fraction of sp³-hybridized carbons (Fsp3) is 0.556. The van der Waals surface area contributed by atoms with Gasteiger partial charge in [-0.25, -0.2) is 9.59 Å². The maximum atomic E-state index is 12.1. The average Bonchev–Trinajstić information content (AvgIpc) is 2.55. The summed E-state index contributed by atoms with van der Waals surface area (Å²) in [5.41, 5.74) is 1.31. The van der Waals surface area contributed by atoms with Gasteiger partial charge in [-0.2, -0.15) is 0 Å². The third-order valence-electron chi connectivity index (χ3n) is 3.66.